The van der Waals surface area contributed by atoms with E-state index in [1.165, 1.54) is 14.2 Å². The molecule has 1 rings (SSSR count). The van der Waals surface area contributed by atoms with Crippen LogP contribution in [0, 0.1) is 10.1 Å². The van der Waals surface area contributed by atoms with Crippen molar-refractivity contribution in [2.24, 2.45) is 0 Å². The first-order chi connectivity index (χ1) is 9.40. The van der Waals surface area contributed by atoms with Gasteiger partial charge in [-0.3, -0.25) is 14.9 Å². The van der Waals surface area contributed by atoms with Crippen LogP contribution in [0.2, 0.25) is 5.15 Å². The summed E-state index contributed by atoms with van der Waals surface area (Å²) in [4.78, 5) is 25.8. The molecule has 0 aromatic carbocycles. The first kappa shape index (κ1) is 16.3. The third kappa shape index (κ3) is 3.86. The average Bonchev–Trinajstić information content (AvgIpc) is 2.39. The number of carbonyl (C=O) groups is 1. The highest BCUT2D eigenvalue weighted by Gasteiger charge is 2.25. The van der Waals surface area contributed by atoms with Gasteiger partial charge in [0.1, 0.15) is 16.9 Å². The monoisotopic (exact) mass is 303 g/mol. The minimum Gasteiger partial charge on any atom is -0.354 e. The number of halogens is 1. The fourth-order valence-corrected chi connectivity index (χ4v) is 1.76. The van der Waals surface area contributed by atoms with Crippen molar-refractivity contribution in [1.82, 2.24) is 10.3 Å². The van der Waals surface area contributed by atoms with Gasteiger partial charge >= 0.3 is 0 Å². The van der Waals surface area contributed by atoms with E-state index in [-0.39, 0.29) is 10.7 Å². The van der Waals surface area contributed by atoms with Gasteiger partial charge in [0.2, 0.25) is 0 Å². The number of hydrogen-bond acceptors (Lipinski definition) is 6. The van der Waals surface area contributed by atoms with Gasteiger partial charge in [0.25, 0.3) is 11.6 Å². The van der Waals surface area contributed by atoms with Gasteiger partial charge in [0.15, 0.2) is 6.29 Å². The zero-order chi connectivity index (χ0) is 15.3. The maximum atomic E-state index is 12.1. The molecule has 0 fully saturated rings. The number of nitrogens with zero attached hydrogens (tertiary/aromatic N) is 2. The highest BCUT2D eigenvalue weighted by molar-refractivity contribution is 6.29. The van der Waals surface area contributed by atoms with Crippen LogP contribution < -0.4 is 5.32 Å². The second-order valence-electron chi connectivity index (χ2n) is 3.88. The van der Waals surface area contributed by atoms with E-state index in [2.05, 4.69) is 10.3 Å². The Kier molecular flexibility index (Phi) is 5.81. The van der Waals surface area contributed by atoms with Crippen molar-refractivity contribution in [3.63, 3.8) is 0 Å². The van der Waals surface area contributed by atoms with Crippen LogP contribution in [-0.2, 0) is 9.47 Å². The number of hydrogen-bond donors (Lipinski definition) is 1. The Balaban J connectivity index is 2.97. The van der Waals surface area contributed by atoms with E-state index in [4.69, 9.17) is 21.1 Å². The molecule has 1 atom stereocenters. The Hall–Kier alpha value is -1.77. The number of aromatic nitrogens is 1. The molecule has 1 N–H and O–H groups in total. The Morgan fingerprint density at radius 1 is 1.50 bits per heavy atom. The predicted octanol–water partition coefficient (Wildman–Crippen LogP) is 1.38. The van der Waals surface area contributed by atoms with Gasteiger partial charge in [-0.1, -0.05) is 11.6 Å². The van der Waals surface area contributed by atoms with E-state index >= 15 is 0 Å². The smallest absolute Gasteiger partial charge is 0.300 e. The standard InChI is InChI=1S/C11H14ClN3O5/c1-6(11(19-2)20-3)14-10(16)7-4-9(12)13-5-8(7)15(17)18/h4-6,11H,1-3H3,(H,14,16). The maximum absolute atomic E-state index is 12.1. The summed E-state index contributed by atoms with van der Waals surface area (Å²) in [6.07, 6.45) is 0.266. The number of nitrogens with one attached hydrogen (secondary N) is 1. The van der Waals surface area contributed by atoms with Gasteiger partial charge in [-0.05, 0) is 13.0 Å². The Bertz CT molecular complexity index is 507. The van der Waals surface area contributed by atoms with E-state index in [9.17, 15) is 14.9 Å². The molecule has 8 nitrogen and oxygen atoms in total. The van der Waals surface area contributed by atoms with Crippen molar-refractivity contribution < 1.29 is 19.2 Å². The van der Waals surface area contributed by atoms with Gasteiger partial charge in [0, 0.05) is 14.2 Å². The Morgan fingerprint density at radius 3 is 2.60 bits per heavy atom. The number of carbonyl (C=O) groups excluding carboxylic acids is 1. The van der Waals surface area contributed by atoms with Crippen LogP contribution in [0.5, 0.6) is 0 Å². The van der Waals surface area contributed by atoms with Crippen LogP contribution in [-0.4, -0.2) is 42.4 Å². The molecule has 20 heavy (non-hydrogen) atoms. The van der Waals surface area contributed by atoms with Crippen LogP contribution in [0.3, 0.4) is 0 Å². The molecule has 1 amide bonds. The topological polar surface area (TPSA) is 104 Å². The first-order valence-electron chi connectivity index (χ1n) is 5.57. The normalized spacial score (nSPS) is 12.2. The zero-order valence-electron chi connectivity index (χ0n) is 11.1. The maximum Gasteiger partial charge on any atom is 0.300 e. The fourth-order valence-electron chi connectivity index (χ4n) is 1.61. The van der Waals surface area contributed by atoms with Crippen LogP contribution in [0.1, 0.15) is 17.3 Å². The van der Waals surface area contributed by atoms with Crippen LogP contribution in [0.15, 0.2) is 12.3 Å². The Labute approximate surface area is 120 Å². The molecule has 0 radical (unpaired) electrons. The molecular weight excluding hydrogens is 290 g/mol. The van der Waals surface area contributed by atoms with Crippen molar-refractivity contribution in [1.29, 1.82) is 0 Å². The molecule has 110 valence electrons. The van der Waals surface area contributed by atoms with Gasteiger partial charge < -0.3 is 14.8 Å². The van der Waals surface area contributed by atoms with Crippen molar-refractivity contribution >= 4 is 23.2 Å². The summed E-state index contributed by atoms with van der Waals surface area (Å²) in [7, 11) is 2.84. The fraction of sp³-hybridized carbons (Fsp3) is 0.455. The lowest BCUT2D eigenvalue weighted by molar-refractivity contribution is -0.385. The molecule has 0 aliphatic heterocycles. The largest absolute Gasteiger partial charge is 0.354 e. The zero-order valence-corrected chi connectivity index (χ0v) is 11.9. The molecule has 0 aliphatic carbocycles. The van der Waals surface area contributed by atoms with Crippen LogP contribution in [0.25, 0.3) is 0 Å². The number of pyridine rings is 1. The van der Waals surface area contributed by atoms with E-state index in [1.807, 2.05) is 0 Å². The molecule has 1 aromatic rings. The molecule has 0 saturated heterocycles. The van der Waals surface area contributed by atoms with Crippen molar-refractivity contribution in [3.8, 4) is 0 Å². The summed E-state index contributed by atoms with van der Waals surface area (Å²) in [5.74, 6) is -0.660. The lowest BCUT2D eigenvalue weighted by Gasteiger charge is -2.22. The summed E-state index contributed by atoms with van der Waals surface area (Å²) in [6.45, 7) is 1.64. The lowest BCUT2D eigenvalue weighted by Crippen LogP contribution is -2.43. The van der Waals surface area contributed by atoms with E-state index < -0.39 is 28.8 Å². The van der Waals surface area contributed by atoms with E-state index in [0.717, 1.165) is 12.3 Å². The highest BCUT2D eigenvalue weighted by atomic mass is 35.5. The average molecular weight is 304 g/mol. The van der Waals surface area contributed by atoms with Crippen molar-refractivity contribution in [3.05, 3.63) is 33.1 Å². The number of ether oxygens (including phenoxy) is 2. The summed E-state index contributed by atoms with van der Waals surface area (Å²) < 4.78 is 9.98. The molecule has 9 heteroatoms. The molecular formula is C11H14ClN3O5. The lowest BCUT2D eigenvalue weighted by atomic mass is 10.2. The molecule has 0 saturated carbocycles. The van der Waals surface area contributed by atoms with E-state index in [1.54, 1.807) is 6.92 Å². The Morgan fingerprint density at radius 2 is 2.10 bits per heavy atom. The minimum atomic E-state index is -0.701. The quantitative estimate of drug-likeness (QED) is 0.368. The van der Waals surface area contributed by atoms with E-state index in [0.29, 0.717) is 0 Å². The number of nitro groups is 1. The molecule has 1 heterocycles. The number of rotatable bonds is 6. The molecule has 1 unspecified atom stereocenters. The van der Waals surface area contributed by atoms with Crippen LogP contribution in [0.4, 0.5) is 5.69 Å². The summed E-state index contributed by atoms with van der Waals surface area (Å²) in [6, 6.07) is 0.625. The third-order valence-corrected chi connectivity index (χ3v) is 2.73. The van der Waals surface area contributed by atoms with Gasteiger partial charge in [-0.25, -0.2) is 4.98 Å². The van der Waals surface area contributed by atoms with Crippen LogP contribution >= 0.6 is 11.6 Å². The van der Waals surface area contributed by atoms with Crippen molar-refractivity contribution in [2.45, 2.75) is 19.3 Å². The number of amides is 1. The van der Waals surface area contributed by atoms with Gasteiger partial charge in [-0.2, -0.15) is 0 Å². The predicted molar refractivity (Wildman–Crippen MR) is 70.6 cm³/mol. The van der Waals surface area contributed by atoms with Crippen molar-refractivity contribution in [2.75, 3.05) is 14.2 Å². The summed E-state index contributed by atoms with van der Waals surface area (Å²) in [5, 5.41) is 13.4. The second-order valence-corrected chi connectivity index (χ2v) is 4.27. The number of methoxy groups -OCH3 is 2. The molecule has 0 spiro atoms. The second kappa shape index (κ2) is 7.13. The third-order valence-electron chi connectivity index (χ3n) is 2.52. The minimum absolute atomic E-state index is 0.0107. The molecule has 0 bridgehead atoms. The van der Waals surface area contributed by atoms with Gasteiger partial charge in [0.05, 0.1) is 11.0 Å². The first-order valence-corrected chi connectivity index (χ1v) is 5.94. The molecule has 1 aromatic heterocycles. The summed E-state index contributed by atoms with van der Waals surface area (Å²) >= 11 is 5.66. The van der Waals surface area contributed by atoms with Gasteiger partial charge in [-0.15, -0.1) is 0 Å². The highest BCUT2D eigenvalue weighted by Crippen LogP contribution is 2.20. The molecule has 0 aliphatic rings. The summed E-state index contributed by atoms with van der Waals surface area (Å²) in [5.41, 5.74) is -0.599. The SMILES string of the molecule is COC(OC)C(C)NC(=O)c1cc(Cl)ncc1[N+](=O)[O-].